The van der Waals surface area contributed by atoms with Gasteiger partial charge in [0, 0.05) is 18.2 Å². The van der Waals surface area contributed by atoms with Gasteiger partial charge in [-0.1, -0.05) is 18.2 Å². The molecule has 2 aliphatic rings. The maximum Gasteiger partial charge on any atom is 0.339 e. The third-order valence-electron chi connectivity index (χ3n) is 5.25. The van der Waals surface area contributed by atoms with Crippen LogP contribution in [0.1, 0.15) is 39.3 Å². The molecule has 5 rings (SSSR count). The zero-order valence-electron chi connectivity index (χ0n) is 14.5. The van der Waals surface area contributed by atoms with Crippen LogP contribution >= 0.6 is 0 Å². The summed E-state index contributed by atoms with van der Waals surface area (Å²) in [4.78, 5) is 27.0. The van der Waals surface area contributed by atoms with Crippen LogP contribution in [-0.4, -0.2) is 40.1 Å². The molecule has 1 N–H and O–H groups in total. The maximum absolute atomic E-state index is 13.0. The summed E-state index contributed by atoms with van der Waals surface area (Å²) in [5, 5.41) is 6.97. The van der Waals surface area contributed by atoms with E-state index in [2.05, 4.69) is 10.2 Å². The lowest BCUT2D eigenvalue weighted by molar-refractivity contribution is -0.0443. The highest BCUT2D eigenvalue weighted by Crippen LogP contribution is 2.43. The van der Waals surface area contributed by atoms with E-state index in [-0.39, 0.29) is 11.9 Å². The van der Waals surface area contributed by atoms with Crippen molar-refractivity contribution in [1.82, 2.24) is 15.1 Å². The van der Waals surface area contributed by atoms with Gasteiger partial charge in [0.2, 0.25) is 0 Å². The fourth-order valence-electron chi connectivity index (χ4n) is 4.00. The maximum atomic E-state index is 13.0. The first-order chi connectivity index (χ1) is 13.2. The summed E-state index contributed by atoms with van der Waals surface area (Å²) < 4.78 is 11.1. The van der Waals surface area contributed by atoms with Crippen LogP contribution in [0.25, 0.3) is 11.5 Å². The van der Waals surface area contributed by atoms with E-state index in [1.165, 1.54) is 0 Å². The lowest BCUT2D eigenvalue weighted by Crippen LogP contribution is -2.48. The fourth-order valence-corrected chi connectivity index (χ4v) is 4.00. The van der Waals surface area contributed by atoms with Crippen molar-refractivity contribution in [3.8, 4) is 11.5 Å². The quantitative estimate of drug-likeness (QED) is 0.707. The summed E-state index contributed by atoms with van der Waals surface area (Å²) in [6.45, 7) is 0.931. The van der Waals surface area contributed by atoms with Crippen LogP contribution in [0.5, 0.6) is 0 Å². The van der Waals surface area contributed by atoms with Crippen molar-refractivity contribution >= 4 is 11.9 Å². The zero-order valence-corrected chi connectivity index (χ0v) is 14.5. The molecule has 4 heterocycles. The highest BCUT2D eigenvalue weighted by Gasteiger charge is 2.48. The first-order valence-electron chi connectivity index (χ1n) is 8.88. The molecule has 0 aliphatic carbocycles. The molecule has 1 aromatic carbocycles. The number of esters is 1. The lowest BCUT2D eigenvalue weighted by atomic mass is 9.85. The van der Waals surface area contributed by atoms with Gasteiger partial charge in [-0.2, -0.15) is 5.10 Å². The fraction of sp³-hybridized carbons (Fsp3) is 0.250. The van der Waals surface area contributed by atoms with Crippen LogP contribution in [0, 0.1) is 0 Å². The third kappa shape index (κ3) is 2.46. The highest BCUT2D eigenvalue weighted by atomic mass is 16.6. The highest BCUT2D eigenvalue weighted by molar-refractivity contribution is 5.96. The number of amides is 1. The number of hydrogen-bond acceptors (Lipinski definition) is 5. The Labute approximate surface area is 154 Å². The average Bonchev–Trinajstić information content (AvgIpc) is 3.42. The number of fused-ring (bicyclic) bond motifs is 2. The van der Waals surface area contributed by atoms with E-state index in [9.17, 15) is 9.59 Å². The number of piperidine rings is 1. The first-order valence-corrected chi connectivity index (χ1v) is 8.88. The summed E-state index contributed by atoms with van der Waals surface area (Å²) in [7, 11) is 0. The normalized spacial score (nSPS) is 21.3. The topological polar surface area (TPSA) is 88.4 Å². The number of nitrogens with zero attached hydrogens (tertiary/aromatic N) is 2. The predicted octanol–water partition coefficient (Wildman–Crippen LogP) is 2.97. The third-order valence-corrected chi connectivity index (χ3v) is 5.25. The molecule has 0 bridgehead atoms. The van der Waals surface area contributed by atoms with Gasteiger partial charge in [0.15, 0.2) is 17.1 Å². The van der Waals surface area contributed by atoms with E-state index in [0.717, 1.165) is 12.0 Å². The Balaban J connectivity index is 1.42. The van der Waals surface area contributed by atoms with Gasteiger partial charge in [-0.05, 0) is 31.0 Å². The lowest BCUT2D eigenvalue weighted by Gasteiger charge is -2.39. The second kappa shape index (κ2) is 5.84. The smallest absolute Gasteiger partial charge is 0.339 e. The van der Waals surface area contributed by atoms with E-state index in [4.69, 9.17) is 9.15 Å². The van der Waals surface area contributed by atoms with Gasteiger partial charge >= 0.3 is 5.97 Å². The number of benzene rings is 1. The summed E-state index contributed by atoms with van der Waals surface area (Å²) in [5.41, 5.74) is 1.66. The number of H-pyrrole nitrogens is 1. The van der Waals surface area contributed by atoms with Crippen molar-refractivity contribution in [2.75, 3.05) is 13.1 Å². The molecule has 1 fully saturated rings. The number of likely N-dealkylation sites (tertiary alicyclic amines) is 1. The van der Waals surface area contributed by atoms with Crippen molar-refractivity contribution < 1.29 is 18.7 Å². The molecule has 7 heteroatoms. The minimum Gasteiger partial charge on any atom is -0.463 e. The number of aromatic nitrogens is 2. The molecule has 0 radical (unpaired) electrons. The van der Waals surface area contributed by atoms with Crippen molar-refractivity contribution in [2.24, 2.45) is 0 Å². The number of ether oxygens (including phenoxy) is 1. The van der Waals surface area contributed by atoms with E-state index in [1.54, 1.807) is 35.4 Å². The number of hydrogen-bond donors (Lipinski definition) is 1. The molecular formula is C20H17N3O4. The average molecular weight is 363 g/mol. The van der Waals surface area contributed by atoms with Crippen LogP contribution in [0.3, 0.4) is 0 Å². The molecule has 0 saturated carbocycles. The van der Waals surface area contributed by atoms with Crippen molar-refractivity contribution in [3.05, 3.63) is 65.5 Å². The molecule has 1 spiro atoms. The van der Waals surface area contributed by atoms with Gasteiger partial charge in [0.05, 0.1) is 18.4 Å². The molecule has 1 atom stereocenters. The zero-order chi connectivity index (χ0) is 18.4. The molecule has 3 aromatic rings. The number of furan rings is 1. The predicted molar refractivity (Wildman–Crippen MR) is 95.0 cm³/mol. The molecule has 27 heavy (non-hydrogen) atoms. The monoisotopic (exact) mass is 363 g/mol. The largest absolute Gasteiger partial charge is 0.463 e. The Kier molecular flexibility index (Phi) is 3.43. The van der Waals surface area contributed by atoms with Gasteiger partial charge in [-0.3, -0.25) is 9.89 Å². The SMILES string of the molecule is O=C1OC2(CCCN(C(=O)c3cc(-c4ccco4)[nH]n3)C2)c2ccccc21. The molecular weight excluding hydrogens is 346 g/mol. The minimum atomic E-state index is -0.762. The van der Waals surface area contributed by atoms with E-state index < -0.39 is 5.60 Å². The number of aromatic amines is 1. The van der Waals surface area contributed by atoms with Crippen LogP contribution in [0.2, 0.25) is 0 Å². The molecule has 1 unspecified atom stereocenters. The second-order valence-electron chi connectivity index (χ2n) is 6.90. The number of rotatable bonds is 2. The Bertz CT molecular complexity index is 1020. The molecule has 1 amide bonds. The van der Waals surface area contributed by atoms with Crippen LogP contribution < -0.4 is 0 Å². The number of carbonyl (C=O) groups is 2. The Morgan fingerprint density at radius 1 is 1.22 bits per heavy atom. The van der Waals surface area contributed by atoms with Gasteiger partial charge in [-0.15, -0.1) is 0 Å². The van der Waals surface area contributed by atoms with Gasteiger partial charge in [-0.25, -0.2) is 4.79 Å². The molecule has 136 valence electrons. The minimum absolute atomic E-state index is 0.191. The molecule has 2 aromatic heterocycles. The molecule has 2 aliphatic heterocycles. The first kappa shape index (κ1) is 15.9. The van der Waals surface area contributed by atoms with Crippen molar-refractivity contribution in [3.63, 3.8) is 0 Å². The standard InChI is InChI=1S/C20H17N3O4/c24-18(16-11-15(21-22-16)17-7-3-10-26-17)23-9-4-8-20(12-23)14-6-2-1-5-13(14)19(25)27-20/h1-3,5-7,10-11H,4,8-9,12H2,(H,21,22). The van der Waals surface area contributed by atoms with Crippen LogP contribution in [0.4, 0.5) is 0 Å². The van der Waals surface area contributed by atoms with Crippen molar-refractivity contribution in [1.29, 1.82) is 0 Å². The van der Waals surface area contributed by atoms with Gasteiger partial charge < -0.3 is 14.1 Å². The van der Waals surface area contributed by atoms with Gasteiger partial charge in [0.1, 0.15) is 5.69 Å². The Hall–Kier alpha value is -3.35. The second-order valence-corrected chi connectivity index (χ2v) is 6.90. The molecule has 1 saturated heterocycles. The van der Waals surface area contributed by atoms with Crippen molar-refractivity contribution in [2.45, 2.75) is 18.4 Å². The number of nitrogens with one attached hydrogen (secondary N) is 1. The number of carbonyl (C=O) groups excluding carboxylic acids is 2. The summed E-state index contributed by atoms with van der Waals surface area (Å²) in [5.74, 6) is 0.110. The summed E-state index contributed by atoms with van der Waals surface area (Å²) in [6, 6.07) is 12.7. The van der Waals surface area contributed by atoms with Gasteiger partial charge in [0.25, 0.3) is 5.91 Å². The van der Waals surface area contributed by atoms with E-state index in [1.807, 2.05) is 18.2 Å². The summed E-state index contributed by atoms with van der Waals surface area (Å²) in [6.07, 6.45) is 3.03. The van der Waals surface area contributed by atoms with E-state index >= 15 is 0 Å². The van der Waals surface area contributed by atoms with Crippen LogP contribution in [-0.2, 0) is 10.3 Å². The summed E-state index contributed by atoms with van der Waals surface area (Å²) >= 11 is 0. The Morgan fingerprint density at radius 2 is 2.11 bits per heavy atom. The van der Waals surface area contributed by atoms with Crippen LogP contribution in [0.15, 0.2) is 53.1 Å². The van der Waals surface area contributed by atoms with E-state index in [0.29, 0.717) is 42.2 Å². The Morgan fingerprint density at radius 3 is 2.96 bits per heavy atom. The molecule has 7 nitrogen and oxygen atoms in total.